The molecule has 1 aromatic carbocycles. The van der Waals surface area contributed by atoms with E-state index in [1.165, 1.54) is 0 Å². The maximum atomic E-state index is 11.5. The Balaban J connectivity index is 2.61. The second-order valence-corrected chi connectivity index (χ2v) is 4.86. The maximum absolute atomic E-state index is 11.5. The highest BCUT2D eigenvalue weighted by atomic mass is 35.5. The minimum Gasteiger partial charge on any atom is -0.477 e. The molecular weight excluding hydrogens is 278 g/mol. The Morgan fingerprint density at radius 3 is 2.75 bits per heavy atom. The zero-order valence-electron chi connectivity index (χ0n) is 12.2. The van der Waals surface area contributed by atoms with Gasteiger partial charge < -0.3 is 14.8 Å². The van der Waals surface area contributed by atoms with E-state index in [-0.39, 0.29) is 0 Å². The molecule has 1 unspecified atom stereocenters. The fraction of sp³-hybridized carbons (Fsp3) is 0.533. The number of carbonyl (C=O) groups excluding carboxylic acids is 1. The maximum Gasteiger partial charge on any atom is 0.347 e. The molecule has 0 bridgehead atoms. The van der Waals surface area contributed by atoms with Crippen molar-refractivity contribution < 1.29 is 14.3 Å². The van der Waals surface area contributed by atoms with Crippen molar-refractivity contribution in [1.29, 1.82) is 0 Å². The van der Waals surface area contributed by atoms with Crippen LogP contribution in [0.2, 0.25) is 5.02 Å². The highest BCUT2D eigenvalue weighted by Crippen LogP contribution is 2.26. The molecule has 4 nitrogen and oxygen atoms in total. The molecule has 112 valence electrons. The highest BCUT2D eigenvalue weighted by molar-refractivity contribution is 6.32. The van der Waals surface area contributed by atoms with Crippen LogP contribution >= 0.6 is 11.6 Å². The van der Waals surface area contributed by atoms with Crippen LogP contribution in [0.4, 0.5) is 0 Å². The van der Waals surface area contributed by atoms with Crippen molar-refractivity contribution >= 4 is 17.6 Å². The standard InChI is InChI=1S/C15H22ClNO3/c1-4-8-17-10-12-6-7-14(13(16)9-12)20-11(3)15(18)19-5-2/h6-7,9,11,17H,4-5,8,10H2,1-3H3. The highest BCUT2D eigenvalue weighted by Gasteiger charge is 2.17. The molecule has 0 saturated carbocycles. The van der Waals surface area contributed by atoms with E-state index in [4.69, 9.17) is 21.1 Å². The summed E-state index contributed by atoms with van der Waals surface area (Å²) < 4.78 is 10.4. The average Bonchev–Trinajstić information content (AvgIpc) is 2.42. The number of ether oxygens (including phenoxy) is 2. The van der Waals surface area contributed by atoms with E-state index in [1.807, 2.05) is 12.1 Å². The molecule has 1 N–H and O–H groups in total. The van der Waals surface area contributed by atoms with Gasteiger partial charge in [-0.3, -0.25) is 0 Å². The zero-order valence-corrected chi connectivity index (χ0v) is 13.0. The SMILES string of the molecule is CCCNCc1ccc(OC(C)C(=O)OCC)c(Cl)c1. The van der Waals surface area contributed by atoms with E-state index in [2.05, 4.69) is 12.2 Å². The summed E-state index contributed by atoms with van der Waals surface area (Å²) >= 11 is 6.16. The minimum atomic E-state index is -0.670. The Hall–Kier alpha value is -1.26. The summed E-state index contributed by atoms with van der Waals surface area (Å²) in [5, 5.41) is 3.80. The number of halogens is 1. The van der Waals surface area contributed by atoms with Crippen LogP contribution in [0.1, 0.15) is 32.8 Å². The topological polar surface area (TPSA) is 47.6 Å². The molecule has 1 rings (SSSR count). The minimum absolute atomic E-state index is 0.336. The van der Waals surface area contributed by atoms with Gasteiger partial charge in [0.15, 0.2) is 6.10 Å². The molecule has 0 heterocycles. The lowest BCUT2D eigenvalue weighted by molar-refractivity contribution is -0.150. The molecule has 0 aliphatic rings. The Bertz CT molecular complexity index is 437. The van der Waals surface area contributed by atoms with Crippen molar-refractivity contribution in [3.8, 4) is 5.75 Å². The normalized spacial score (nSPS) is 12.0. The first-order chi connectivity index (χ1) is 9.58. The number of benzene rings is 1. The van der Waals surface area contributed by atoms with E-state index in [1.54, 1.807) is 19.9 Å². The van der Waals surface area contributed by atoms with Crippen LogP contribution in [-0.4, -0.2) is 25.2 Å². The molecule has 0 fully saturated rings. The van der Waals surface area contributed by atoms with Gasteiger partial charge in [-0.1, -0.05) is 24.6 Å². The smallest absolute Gasteiger partial charge is 0.347 e. The molecule has 1 atom stereocenters. The van der Waals surface area contributed by atoms with Gasteiger partial charge in [-0.2, -0.15) is 0 Å². The summed E-state index contributed by atoms with van der Waals surface area (Å²) in [6.07, 6.45) is 0.419. The monoisotopic (exact) mass is 299 g/mol. The molecule has 0 saturated heterocycles. The lowest BCUT2D eigenvalue weighted by atomic mass is 10.2. The number of hydrogen-bond acceptors (Lipinski definition) is 4. The van der Waals surface area contributed by atoms with Crippen molar-refractivity contribution in [2.75, 3.05) is 13.2 Å². The van der Waals surface area contributed by atoms with E-state index < -0.39 is 12.1 Å². The van der Waals surface area contributed by atoms with Gasteiger partial charge in [-0.15, -0.1) is 0 Å². The van der Waals surface area contributed by atoms with Gasteiger partial charge in [0, 0.05) is 6.54 Å². The van der Waals surface area contributed by atoms with Crippen molar-refractivity contribution in [2.24, 2.45) is 0 Å². The number of carbonyl (C=O) groups is 1. The second kappa shape index (κ2) is 8.82. The van der Waals surface area contributed by atoms with Gasteiger partial charge in [0.1, 0.15) is 5.75 Å². The van der Waals surface area contributed by atoms with Crippen LogP contribution in [0, 0.1) is 0 Å². The fourth-order valence-electron chi connectivity index (χ4n) is 1.66. The molecular formula is C15H22ClNO3. The first kappa shape index (κ1) is 16.8. The van der Waals surface area contributed by atoms with E-state index >= 15 is 0 Å². The average molecular weight is 300 g/mol. The summed E-state index contributed by atoms with van der Waals surface area (Å²) in [6.45, 7) is 7.59. The van der Waals surface area contributed by atoms with Gasteiger partial charge >= 0.3 is 5.97 Å². The first-order valence-corrected chi connectivity index (χ1v) is 7.28. The number of nitrogens with one attached hydrogen (secondary N) is 1. The van der Waals surface area contributed by atoms with Gasteiger partial charge in [0.05, 0.1) is 11.6 Å². The van der Waals surface area contributed by atoms with Crippen LogP contribution in [-0.2, 0) is 16.1 Å². The largest absolute Gasteiger partial charge is 0.477 e. The Kier molecular flexibility index (Phi) is 7.41. The quantitative estimate of drug-likeness (QED) is 0.592. The van der Waals surface area contributed by atoms with Crippen molar-refractivity contribution in [1.82, 2.24) is 5.32 Å². The van der Waals surface area contributed by atoms with Crippen molar-refractivity contribution in [3.63, 3.8) is 0 Å². The van der Waals surface area contributed by atoms with E-state index in [0.717, 1.165) is 25.1 Å². The van der Waals surface area contributed by atoms with Crippen LogP contribution in [0.15, 0.2) is 18.2 Å². The summed E-state index contributed by atoms with van der Waals surface area (Å²) in [7, 11) is 0. The third-order valence-electron chi connectivity index (χ3n) is 2.67. The Morgan fingerprint density at radius 2 is 2.15 bits per heavy atom. The van der Waals surface area contributed by atoms with E-state index in [9.17, 15) is 4.79 Å². The molecule has 0 aliphatic carbocycles. The van der Waals surface area contributed by atoms with Crippen LogP contribution < -0.4 is 10.1 Å². The van der Waals surface area contributed by atoms with Gasteiger partial charge in [0.25, 0.3) is 0 Å². The third kappa shape index (κ3) is 5.39. The molecule has 1 aromatic rings. The molecule has 0 aromatic heterocycles. The summed E-state index contributed by atoms with van der Waals surface area (Å²) in [6, 6.07) is 5.56. The zero-order chi connectivity index (χ0) is 15.0. The Labute approximate surface area is 125 Å². The lowest BCUT2D eigenvalue weighted by Gasteiger charge is -2.15. The molecule has 20 heavy (non-hydrogen) atoms. The summed E-state index contributed by atoms with van der Waals surface area (Å²) in [5.41, 5.74) is 1.08. The van der Waals surface area contributed by atoms with Gasteiger partial charge in [-0.05, 0) is 44.5 Å². The molecule has 0 amide bonds. The summed E-state index contributed by atoms with van der Waals surface area (Å²) in [5.74, 6) is 0.101. The second-order valence-electron chi connectivity index (χ2n) is 4.45. The number of rotatable bonds is 8. The van der Waals surface area contributed by atoms with Gasteiger partial charge in [-0.25, -0.2) is 4.79 Å². The first-order valence-electron chi connectivity index (χ1n) is 6.90. The number of hydrogen-bond donors (Lipinski definition) is 1. The summed E-state index contributed by atoms with van der Waals surface area (Å²) in [4.78, 5) is 11.5. The lowest BCUT2D eigenvalue weighted by Crippen LogP contribution is -2.26. The number of esters is 1. The van der Waals surface area contributed by atoms with Gasteiger partial charge in [0.2, 0.25) is 0 Å². The van der Waals surface area contributed by atoms with Crippen molar-refractivity contribution in [2.45, 2.75) is 39.8 Å². The Morgan fingerprint density at radius 1 is 1.40 bits per heavy atom. The molecule has 0 aliphatic heterocycles. The van der Waals surface area contributed by atoms with Crippen LogP contribution in [0.5, 0.6) is 5.75 Å². The molecule has 0 radical (unpaired) electrons. The van der Waals surface area contributed by atoms with Crippen LogP contribution in [0.25, 0.3) is 0 Å². The predicted octanol–water partition coefficient (Wildman–Crippen LogP) is 3.17. The third-order valence-corrected chi connectivity index (χ3v) is 2.97. The van der Waals surface area contributed by atoms with Crippen LogP contribution in [0.3, 0.4) is 0 Å². The predicted molar refractivity (Wildman–Crippen MR) is 80.2 cm³/mol. The molecule has 0 spiro atoms. The van der Waals surface area contributed by atoms with Crippen molar-refractivity contribution in [3.05, 3.63) is 28.8 Å². The fourth-order valence-corrected chi connectivity index (χ4v) is 1.91. The molecule has 5 heteroatoms. The van der Waals surface area contributed by atoms with E-state index in [0.29, 0.717) is 17.4 Å².